The molecule has 1 aromatic carbocycles. The van der Waals surface area contributed by atoms with Crippen LogP contribution in [0.3, 0.4) is 0 Å². The number of hydrogen-bond donors (Lipinski definition) is 2. The number of hydrogen-bond acceptors (Lipinski definition) is 9. The molecular formula is C27H31N5O4S. The molecule has 0 saturated heterocycles. The van der Waals surface area contributed by atoms with Gasteiger partial charge in [-0.05, 0) is 25.0 Å². The van der Waals surface area contributed by atoms with E-state index < -0.39 is 6.04 Å². The summed E-state index contributed by atoms with van der Waals surface area (Å²) in [6, 6.07) is 9.26. The molecule has 4 rings (SSSR count). The average molecular weight is 522 g/mol. The van der Waals surface area contributed by atoms with Crippen molar-refractivity contribution in [3.8, 4) is 17.2 Å². The van der Waals surface area contributed by atoms with Crippen LogP contribution in [0.15, 0.2) is 47.1 Å². The number of fused-ring (bicyclic) bond motifs is 1. The van der Waals surface area contributed by atoms with Gasteiger partial charge in [0.25, 0.3) is 5.91 Å². The Balaban J connectivity index is 1.55. The van der Waals surface area contributed by atoms with Crippen LogP contribution in [0, 0.1) is 0 Å². The predicted molar refractivity (Wildman–Crippen MR) is 142 cm³/mol. The number of carbonyl (C=O) groups excluding carboxylic acids is 2. The van der Waals surface area contributed by atoms with Crippen molar-refractivity contribution in [3.63, 3.8) is 0 Å². The molecule has 0 radical (unpaired) electrons. The van der Waals surface area contributed by atoms with Crippen molar-refractivity contribution in [3.05, 3.63) is 58.5 Å². The van der Waals surface area contributed by atoms with Gasteiger partial charge in [0.1, 0.15) is 21.7 Å². The number of oxazole rings is 1. The number of ketones is 1. The molecule has 1 amide bonds. The third-order valence-electron chi connectivity index (χ3n) is 6.07. The Morgan fingerprint density at radius 1 is 1.16 bits per heavy atom. The number of nitrogens with one attached hydrogen (secondary N) is 1. The summed E-state index contributed by atoms with van der Waals surface area (Å²) in [6.45, 7) is 2.16. The van der Waals surface area contributed by atoms with E-state index in [4.69, 9.17) is 14.9 Å². The minimum Gasteiger partial charge on any atom is -0.480 e. The Kier molecular flexibility index (Phi) is 8.97. The third-order valence-corrected chi connectivity index (χ3v) is 7.09. The van der Waals surface area contributed by atoms with Gasteiger partial charge in [0, 0.05) is 24.8 Å². The van der Waals surface area contributed by atoms with Gasteiger partial charge in [0.05, 0.1) is 30.6 Å². The van der Waals surface area contributed by atoms with Gasteiger partial charge in [-0.3, -0.25) is 9.59 Å². The molecule has 0 aliphatic rings. The van der Waals surface area contributed by atoms with Crippen molar-refractivity contribution < 1.29 is 18.7 Å². The maximum Gasteiger partial charge on any atom is 0.263 e. The molecule has 1 atom stereocenters. The maximum absolute atomic E-state index is 13.0. The van der Waals surface area contributed by atoms with Gasteiger partial charge in [-0.25, -0.2) is 15.0 Å². The molecule has 0 saturated carbocycles. The van der Waals surface area contributed by atoms with Crippen molar-refractivity contribution in [1.82, 2.24) is 20.3 Å². The van der Waals surface area contributed by atoms with E-state index in [1.54, 1.807) is 13.3 Å². The van der Waals surface area contributed by atoms with Gasteiger partial charge >= 0.3 is 0 Å². The predicted octanol–water partition coefficient (Wildman–Crippen LogP) is 5.21. The first-order valence-electron chi connectivity index (χ1n) is 12.4. The van der Waals surface area contributed by atoms with Gasteiger partial charge in [0.15, 0.2) is 5.76 Å². The number of ether oxygens (including phenoxy) is 1. The maximum atomic E-state index is 13.0. The number of Topliss-reactive ketones (excluding diaryl/α,β-unsaturated/α-hetero) is 1. The number of nitrogens with zero attached hydrogens (tertiary/aromatic N) is 3. The second-order valence-electron chi connectivity index (χ2n) is 8.64. The molecule has 37 heavy (non-hydrogen) atoms. The zero-order valence-electron chi connectivity index (χ0n) is 21.0. The lowest BCUT2D eigenvalue weighted by molar-refractivity contribution is -0.118. The molecule has 4 aromatic rings. The Labute approximate surface area is 219 Å². The summed E-state index contributed by atoms with van der Waals surface area (Å²) in [5.74, 6) is 1.34. The Bertz CT molecular complexity index is 1370. The number of benzene rings is 1. The minimum atomic E-state index is -0.453. The first-order chi connectivity index (χ1) is 18.0. The smallest absolute Gasteiger partial charge is 0.263 e. The lowest BCUT2D eigenvalue weighted by Crippen LogP contribution is -2.28. The summed E-state index contributed by atoms with van der Waals surface area (Å²) in [5, 5.41) is 4.68. The van der Waals surface area contributed by atoms with Gasteiger partial charge in [-0.15, -0.1) is 11.3 Å². The molecule has 3 N–H and O–H groups in total. The van der Waals surface area contributed by atoms with Crippen molar-refractivity contribution >= 4 is 33.9 Å². The molecule has 0 fully saturated rings. The van der Waals surface area contributed by atoms with Crippen LogP contribution < -0.4 is 15.8 Å². The fourth-order valence-electron chi connectivity index (χ4n) is 4.02. The number of nitrogens with two attached hydrogens (primary N) is 1. The van der Waals surface area contributed by atoms with E-state index in [1.165, 1.54) is 17.5 Å². The summed E-state index contributed by atoms with van der Waals surface area (Å²) in [7, 11) is 1.56. The quantitative estimate of drug-likeness (QED) is 0.229. The van der Waals surface area contributed by atoms with Crippen LogP contribution >= 0.6 is 11.3 Å². The molecule has 0 aliphatic heterocycles. The zero-order chi connectivity index (χ0) is 26.2. The molecule has 10 heteroatoms. The standard InChI is InChI=1S/C27H31N5O4S/c1-3-18(33)10-5-4-6-12-21(31-25(34)23-16-29-24(14-28)37-23)27-30-15-22(36-27)19-13-17-9-7-8-11-20(17)32-26(19)35-2/h7-9,11,13,15-16,21H,3-6,10,12,14,28H2,1-2H3,(H,31,34). The Morgan fingerprint density at radius 2 is 2.00 bits per heavy atom. The molecule has 0 aliphatic carbocycles. The van der Waals surface area contributed by atoms with Crippen LogP contribution in [0.4, 0.5) is 0 Å². The van der Waals surface area contributed by atoms with Crippen LogP contribution in [0.5, 0.6) is 5.88 Å². The zero-order valence-corrected chi connectivity index (χ0v) is 21.8. The van der Waals surface area contributed by atoms with E-state index in [0.29, 0.717) is 52.2 Å². The van der Waals surface area contributed by atoms with Crippen molar-refractivity contribution in [2.75, 3.05) is 7.11 Å². The van der Waals surface area contributed by atoms with E-state index >= 15 is 0 Å². The monoisotopic (exact) mass is 521 g/mol. The molecule has 194 valence electrons. The number of para-hydroxylation sites is 1. The molecule has 3 aromatic heterocycles. The second kappa shape index (κ2) is 12.6. The van der Waals surface area contributed by atoms with E-state index in [9.17, 15) is 9.59 Å². The van der Waals surface area contributed by atoms with Crippen molar-refractivity contribution in [2.24, 2.45) is 5.73 Å². The van der Waals surface area contributed by atoms with E-state index in [2.05, 4.69) is 20.3 Å². The fourth-order valence-corrected chi connectivity index (χ4v) is 4.72. The average Bonchev–Trinajstić information content (AvgIpc) is 3.61. The fraction of sp³-hybridized carbons (Fsp3) is 0.370. The van der Waals surface area contributed by atoms with Crippen molar-refractivity contribution in [2.45, 2.75) is 58.0 Å². The van der Waals surface area contributed by atoms with E-state index in [1.807, 2.05) is 37.3 Å². The molecule has 0 bridgehead atoms. The summed E-state index contributed by atoms with van der Waals surface area (Å²) in [5.41, 5.74) is 7.14. The summed E-state index contributed by atoms with van der Waals surface area (Å²) >= 11 is 1.26. The van der Waals surface area contributed by atoms with E-state index in [-0.39, 0.29) is 18.2 Å². The Morgan fingerprint density at radius 3 is 2.76 bits per heavy atom. The summed E-state index contributed by atoms with van der Waals surface area (Å²) in [4.78, 5) is 38.3. The van der Waals surface area contributed by atoms with Gasteiger partial charge in [-0.1, -0.05) is 38.0 Å². The number of methoxy groups -OCH3 is 1. The minimum absolute atomic E-state index is 0.256. The first-order valence-corrected chi connectivity index (χ1v) is 13.2. The van der Waals surface area contributed by atoms with Gasteiger partial charge in [-0.2, -0.15) is 0 Å². The van der Waals surface area contributed by atoms with Crippen LogP contribution in [-0.2, 0) is 11.3 Å². The number of aromatic nitrogens is 3. The normalized spacial score (nSPS) is 12.0. The highest BCUT2D eigenvalue weighted by molar-refractivity contribution is 7.13. The largest absolute Gasteiger partial charge is 0.480 e. The number of pyridine rings is 1. The highest BCUT2D eigenvalue weighted by atomic mass is 32.1. The number of thiazole rings is 1. The van der Waals surface area contributed by atoms with Crippen LogP contribution in [0.1, 0.15) is 72.1 Å². The van der Waals surface area contributed by atoms with Crippen LogP contribution in [0.25, 0.3) is 22.2 Å². The summed E-state index contributed by atoms with van der Waals surface area (Å²) in [6.07, 6.45) is 7.40. The lowest BCUT2D eigenvalue weighted by atomic mass is 10.0. The molecular weight excluding hydrogens is 490 g/mol. The first kappa shape index (κ1) is 26.4. The van der Waals surface area contributed by atoms with Crippen LogP contribution in [-0.4, -0.2) is 33.8 Å². The Hall–Kier alpha value is -3.63. The van der Waals surface area contributed by atoms with Crippen LogP contribution in [0.2, 0.25) is 0 Å². The number of unbranched alkanes of at least 4 members (excludes halogenated alkanes) is 2. The molecule has 9 nitrogen and oxygen atoms in total. The topological polar surface area (TPSA) is 133 Å². The SMILES string of the molecule is CCC(=O)CCCCCC(NC(=O)c1cnc(CN)s1)c1ncc(-c2cc3ccccc3nc2OC)o1. The third kappa shape index (κ3) is 6.58. The molecule has 0 spiro atoms. The lowest BCUT2D eigenvalue weighted by Gasteiger charge is -2.15. The van der Waals surface area contributed by atoms with E-state index in [0.717, 1.165) is 30.2 Å². The van der Waals surface area contributed by atoms with Gasteiger partial charge < -0.3 is 20.2 Å². The van der Waals surface area contributed by atoms with Gasteiger partial charge in [0.2, 0.25) is 11.8 Å². The number of rotatable bonds is 13. The molecule has 3 heterocycles. The van der Waals surface area contributed by atoms with Crippen molar-refractivity contribution in [1.29, 1.82) is 0 Å². The molecule has 1 unspecified atom stereocenters. The summed E-state index contributed by atoms with van der Waals surface area (Å²) < 4.78 is 11.7. The highest BCUT2D eigenvalue weighted by Crippen LogP contribution is 2.33. The number of carbonyl (C=O) groups is 2. The second-order valence-corrected chi connectivity index (χ2v) is 9.76. The highest BCUT2D eigenvalue weighted by Gasteiger charge is 2.23. The number of amides is 1.